The molecule has 3 heterocycles. The van der Waals surface area contributed by atoms with Gasteiger partial charge in [-0.05, 0) is 85.2 Å². The molecule has 0 saturated carbocycles. The largest absolute Gasteiger partial charge is 0.496 e. The Hall–Kier alpha value is -5.11. The molecule has 0 bridgehead atoms. The Morgan fingerprint density at radius 2 is 1.76 bits per heavy atom. The first-order valence-electron chi connectivity index (χ1n) is 16.1. The van der Waals surface area contributed by atoms with E-state index in [4.69, 9.17) is 4.74 Å². The van der Waals surface area contributed by atoms with Gasteiger partial charge in [-0.1, -0.05) is 42.5 Å². The summed E-state index contributed by atoms with van der Waals surface area (Å²) in [6.07, 6.45) is -1.22. The van der Waals surface area contributed by atoms with Crippen LogP contribution in [0.25, 0.3) is 16.7 Å². The highest BCUT2D eigenvalue weighted by Gasteiger charge is 2.35. The van der Waals surface area contributed by atoms with E-state index in [9.17, 15) is 22.8 Å². The van der Waals surface area contributed by atoms with Crippen molar-refractivity contribution in [1.82, 2.24) is 39.6 Å². The van der Waals surface area contributed by atoms with Crippen LogP contribution in [0.4, 0.5) is 13.2 Å². The lowest BCUT2D eigenvalue weighted by atomic mass is 9.90. The van der Waals surface area contributed by atoms with Crippen molar-refractivity contribution in [3.8, 4) is 11.4 Å². The molecule has 2 aromatic heterocycles. The molecule has 0 radical (unpaired) electrons. The van der Waals surface area contributed by atoms with E-state index in [0.29, 0.717) is 60.5 Å². The molecule has 0 spiro atoms. The van der Waals surface area contributed by atoms with E-state index in [2.05, 4.69) is 37.5 Å². The number of imidazole rings is 1. The van der Waals surface area contributed by atoms with Gasteiger partial charge in [0.25, 0.3) is 5.91 Å². The average molecular weight is 675 g/mol. The summed E-state index contributed by atoms with van der Waals surface area (Å²) in [7, 11) is 3.29. The van der Waals surface area contributed by atoms with Crippen LogP contribution in [0.5, 0.6) is 5.75 Å². The number of nitrogens with zero attached hydrogens (tertiary/aromatic N) is 8. The average Bonchev–Trinajstić information content (AvgIpc) is 3.78. The fraction of sp³-hybridized carbons (Fsp3) is 0.371. The molecule has 14 heteroatoms. The summed E-state index contributed by atoms with van der Waals surface area (Å²) >= 11 is 0. The highest BCUT2D eigenvalue weighted by molar-refractivity contribution is 5.98. The van der Waals surface area contributed by atoms with Crippen LogP contribution in [-0.4, -0.2) is 97.8 Å². The van der Waals surface area contributed by atoms with E-state index >= 15 is 0 Å². The molecular weight excluding hydrogens is 637 g/mol. The predicted octanol–water partition coefficient (Wildman–Crippen LogP) is 5.42. The molecular formula is C35H37F3N8O3. The number of ether oxygens (including phenoxy) is 1. The van der Waals surface area contributed by atoms with E-state index in [-0.39, 0.29) is 23.4 Å². The Kier molecular flexibility index (Phi) is 10.0. The Labute approximate surface area is 281 Å². The number of rotatable bonds is 12. The van der Waals surface area contributed by atoms with E-state index in [1.54, 1.807) is 54.4 Å². The van der Waals surface area contributed by atoms with Crippen LogP contribution in [0.15, 0.2) is 79.1 Å². The molecule has 6 rings (SSSR count). The predicted molar refractivity (Wildman–Crippen MR) is 176 cm³/mol. The van der Waals surface area contributed by atoms with Gasteiger partial charge >= 0.3 is 6.18 Å². The smallest absolute Gasteiger partial charge is 0.406 e. The summed E-state index contributed by atoms with van der Waals surface area (Å²) in [5, 5.41) is 11.3. The number of ketones is 1. The van der Waals surface area contributed by atoms with Gasteiger partial charge in [0.15, 0.2) is 5.82 Å². The fourth-order valence-corrected chi connectivity index (χ4v) is 6.54. The van der Waals surface area contributed by atoms with E-state index in [1.807, 2.05) is 18.2 Å². The van der Waals surface area contributed by atoms with Gasteiger partial charge in [-0.25, -0.2) is 9.67 Å². The Morgan fingerprint density at radius 3 is 2.45 bits per heavy atom. The van der Waals surface area contributed by atoms with Crippen LogP contribution in [0.1, 0.15) is 51.7 Å². The number of benzene rings is 3. The lowest BCUT2D eigenvalue weighted by molar-refractivity contribution is -0.140. The van der Waals surface area contributed by atoms with Crippen LogP contribution in [-0.2, 0) is 6.54 Å². The molecule has 1 amide bonds. The SMILES string of the molecule is COc1ccc(-n2cnnn2)cc1C(=O)N(C)CC(CCN1CCC(C(=O)c2nc3ccccc3n2CC(F)(F)F)CC1)c1ccccc1. The second-order valence-corrected chi connectivity index (χ2v) is 12.3. The molecule has 1 unspecified atom stereocenters. The van der Waals surface area contributed by atoms with Crippen LogP contribution in [0, 0.1) is 5.92 Å². The second kappa shape index (κ2) is 14.6. The maximum absolute atomic E-state index is 13.8. The summed E-state index contributed by atoms with van der Waals surface area (Å²) in [6.45, 7) is 1.18. The number of likely N-dealkylation sites (N-methyl/N-ethyl adjacent to an activating group) is 1. The number of halogens is 3. The lowest BCUT2D eigenvalue weighted by Gasteiger charge is -2.33. The standard InChI is InChI=1S/C35H37F3N8O3/c1-43(34(48)28-20-27(12-13-31(28)49-2)46-23-39-41-42-46)21-26(24-8-4-3-5-9-24)16-19-44-17-14-25(15-18-44)32(47)33-40-29-10-6-7-11-30(29)45(33)22-35(36,37)38/h3-13,20,23,25-26H,14-19,21-22H2,1-2H3. The number of tetrazole rings is 1. The maximum atomic E-state index is 13.8. The van der Waals surface area contributed by atoms with Gasteiger partial charge in [-0.2, -0.15) is 13.2 Å². The quantitative estimate of drug-likeness (QED) is 0.161. The number of alkyl halides is 3. The van der Waals surface area contributed by atoms with Crippen molar-refractivity contribution >= 4 is 22.7 Å². The molecule has 256 valence electrons. The number of piperidine rings is 1. The highest BCUT2D eigenvalue weighted by atomic mass is 19.4. The normalized spacial score (nSPS) is 15.0. The molecule has 0 N–H and O–H groups in total. The number of fused-ring (bicyclic) bond motifs is 1. The van der Waals surface area contributed by atoms with Gasteiger partial charge in [0.2, 0.25) is 5.78 Å². The third-order valence-electron chi connectivity index (χ3n) is 9.10. The van der Waals surface area contributed by atoms with Crippen molar-refractivity contribution in [2.75, 3.05) is 40.3 Å². The summed E-state index contributed by atoms with van der Waals surface area (Å²) < 4.78 is 48.4. The van der Waals surface area contributed by atoms with E-state index in [1.165, 1.54) is 18.1 Å². The lowest BCUT2D eigenvalue weighted by Crippen LogP contribution is -2.39. The Bertz CT molecular complexity index is 1890. The number of methoxy groups -OCH3 is 1. The van der Waals surface area contributed by atoms with Gasteiger partial charge in [0.1, 0.15) is 18.6 Å². The monoisotopic (exact) mass is 674 g/mol. The number of hydrogen-bond acceptors (Lipinski definition) is 8. The van der Waals surface area contributed by atoms with Crippen molar-refractivity contribution in [2.24, 2.45) is 5.92 Å². The first-order valence-corrected chi connectivity index (χ1v) is 16.1. The number of aromatic nitrogens is 6. The molecule has 1 aliphatic rings. The summed E-state index contributed by atoms with van der Waals surface area (Å²) in [5.74, 6) is -0.630. The van der Waals surface area contributed by atoms with Gasteiger partial charge in [0.05, 0.1) is 29.4 Å². The molecule has 1 fully saturated rings. The number of carbonyl (C=O) groups excluding carboxylic acids is 2. The number of likely N-dealkylation sites (tertiary alicyclic amines) is 1. The van der Waals surface area contributed by atoms with E-state index in [0.717, 1.165) is 23.1 Å². The number of Topliss-reactive ketones (excluding diaryl/α,β-unsaturated/α-hetero) is 1. The summed E-state index contributed by atoms with van der Waals surface area (Å²) in [5.41, 5.74) is 2.79. The zero-order valence-electron chi connectivity index (χ0n) is 27.3. The molecule has 11 nitrogen and oxygen atoms in total. The minimum absolute atomic E-state index is 0.0190. The Morgan fingerprint density at radius 1 is 1.02 bits per heavy atom. The number of para-hydroxylation sites is 2. The van der Waals surface area contributed by atoms with Gasteiger partial charge in [-0.15, -0.1) is 5.10 Å². The molecule has 49 heavy (non-hydrogen) atoms. The first kappa shape index (κ1) is 33.8. The van der Waals surface area contributed by atoms with Gasteiger partial charge < -0.3 is 19.1 Å². The van der Waals surface area contributed by atoms with Crippen molar-refractivity contribution in [3.63, 3.8) is 0 Å². The van der Waals surface area contributed by atoms with Crippen LogP contribution in [0.2, 0.25) is 0 Å². The molecule has 1 atom stereocenters. The zero-order valence-corrected chi connectivity index (χ0v) is 27.3. The van der Waals surface area contributed by atoms with Crippen molar-refractivity contribution in [3.05, 3.63) is 96.1 Å². The number of hydrogen-bond donors (Lipinski definition) is 0. The fourth-order valence-electron chi connectivity index (χ4n) is 6.54. The number of carbonyl (C=O) groups is 2. The molecule has 0 aliphatic carbocycles. The third kappa shape index (κ3) is 7.80. The molecule has 1 saturated heterocycles. The maximum Gasteiger partial charge on any atom is 0.406 e. The van der Waals surface area contributed by atoms with Gasteiger partial charge in [0, 0.05) is 25.4 Å². The van der Waals surface area contributed by atoms with Crippen molar-refractivity contribution in [1.29, 1.82) is 0 Å². The van der Waals surface area contributed by atoms with Gasteiger partial charge in [-0.3, -0.25) is 9.59 Å². The van der Waals surface area contributed by atoms with Crippen LogP contribution in [0.3, 0.4) is 0 Å². The topological polar surface area (TPSA) is 111 Å². The minimum Gasteiger partial charge on any atom is -0.496 e. The first-order chi connectivity index (χ1) is 23.6. The summed E-state index contributed by atoms with van der Waals surface area (Å²) in [6, 6.07) is 21.7. The molecule has 1 aliphatic heterocycles. The van der Waals surface area contributed by atoms with Crippen molar-refractivity contribution < 1.29 is 27.5 Å². The second-order valence-electron chi connectivity index (χ2n) is 12.3. The highest BCUT2D eigenvalue weighted by Crippen LogP contribution is 2.30. The third-order valence-corrected chi connectivity index (χ3v) is 9.10. The zero-order chi connectivity index (χ0) is 34.5. The van der Waals surface area contributed by atoms with Crippen molar-refractivity contribution in [2.45, 2.75) is 37.9 Å². The van der Waals surface area contributed by atoms with Crippen LogP contribution >= 0.6 is 0 Å². The molecule has 3 aromatic carbocycles. The number of amides is 1. The van der Waals surface area contributed by atoms with Crippen LogP contribution < -0.4 is 4.74 Å². The summed E-state index contributed by atoms with van der Waals surface area (Å²) in [4.78, 5) is 35.6. The molecule has 5 aromatic rings. The minimum atomic E-state index is -4.48. The Balaban J connectivity index is 1.11. The van der Waals surface area contributed by atoms with E-state index < -0.39 is 18.6 Å².